The number of hydrogen-bond acceptors (Lipinski definition) is 7. The number of alkyl carbamates (subject to hydrolysis) is 1. The number of benzene rings is 4. The van der Waals surface area contributed by atoms with Crippen LogP contribution in [0.2, 0.25) is 0 Å². The Labute approximate surface area is 429 Å². The van der Waals surface area contributed by atoms with Crippen LogP contribution < -0.4 is 5.32 Å². The average molecular weight is 984 g/mol. The molecule has 4 bridgehead atoms. The second-order valence-corrected chi connectivity index (χ2v) is 23.0. The Balaban J connectivity index is 0.851. The number of likely N-dealkylation sites (tertiary alicyclic amines) is 2. The fraction of sp³-hybridized carbons (Fsp3) is 0.508. The van der Waals surface area contributed by atoms with Crippen LogP contribution >= 0.6 is 0 Å². The van der Waals surface area contributed by atoms with Gasteiger partial charge in [0.25, 0.3) is 0 Å². The molecule has 12 heteroatoms. The number of hydrogen-bond donors (Lipinski definition) is 3. The van der Waals surface area contributed by atoms with E-state index in [-0.39, 0.29) is 65.9 Å². The summed E-state index contributed by atoms with van der Waals surface area (Å²) in [7, 11) is 1.33. The Hall–Kier alpha value is -6.30. The van der Waals surface area contributed by atoms with Gasteiger partial charge in [-0.3, -0.25) is 9.59 Å². The molecule has 1 unspecified atom stereocenters. The van der Waals surface area contributed by atoms with Crippen molar-refractivity contribution in [1.82, 2.24) is 35.1 Å². The second kappa shape index (κ2) is 20.2. The van der Waals surface area contributed by atoms with Gasteiger partial charge in [-0.1, -0.05) is 102 Å². The quantitative estimate of drug-likeness (QED) is 0.117. The Morgan fingerprint density at radius 2 is 1.12 bits per heavy atom. The lowest BCUT2D eigenvalue weighted by atomic mass is 9.84. The van der Waals surface area contributed by atoms with Gasteiger partial charge in [0.15, 0.2) is 0 Å². The Morgan fingerprint density at radius 1 is 0.630 bits per heavy atom. The molecule has 3 amide bonds. The molecule has 382 valence electrons. The number of amides is 3. The summed E-state index contributed by atoms with van der Waals surface area (Å²) in [4.78, 5) is 75.8. The van der Waals surface area contributed by atoms with Crippen molar-refractivity contribution in [2.24, 2.45) is 29.6 Å². The van der Waals surface area contributed by atoms with Crippen molar-refractivity contribution in [3.63, 3.8) is 0 Å². The van der Waals surface area contributed by atoms with Crippen LogP contribution in [0.25, 0.3) is 44.3 Å². The molecule has 2 saturated carbocycles. The number of aromatic nitrogens is 4. The summed E-state index contributed by atoms with van der Waals surface area (Å²) >= 11 is 0. The van der Waals surface area contributed by atoms with Gasteiger partial charge < -0.3 is 34.6 Å². The maximum Gasteiger partial charge on any atom is 0.407 e. The molecular formula is C61H73N7O5. The van der Waals surface area contributed by atoms with Gasteiger partial charge in [-0.2, -0.15) is 0 Å². The molecule has 8 aliphatic rings. The van der Waals surface area contributed by atoms with Crippen LogP contribution in [0.5, 0.6) is 0 Å². The summed E-state index contributed by atoms with van der Waals surface area (Å²) in [6.07, 6.45) is 13.8. The Bertz CT molecular complexity index is 3080. The van der Waals surface area contributed by atoms with Crippen LogP contribution in [0.4, 0.5) is 4.79 Å². The third-order valence-corrected chi connectivity index (χ3v) is 17.7. The SMILES string of the molecule is COC(=O)N[C@H](C(=O)N1C(c2nc3ccc(-c4cc5ccc4CCc4ccc(c(-c6ccc7nc([C@@H]8C[C@@H]9CCCC[C@@H]9N8C(=O)[C@@H](CC(C)=O)C(C)C)[nH]c7c6)c4)CC5)cc3[nH]2)C[C@@H]2CCCC[C@@H]21)C(C)C. The molecule has 4 fully saturated rings. The first-order chi connectivity index (χ1) is 35.3. The molecule has 14 rings (SSSR count). The van der Waals surface area contributed by atoms with Gasteiger partial charge in [0, 0.05) is 24.4 Å². The molecule has 3 N–H and O–H groups in total. The van der Waals surface area contributed by atoms with Gasteiger partial charge in [-0.05, 0) is 164 Å². The monoisotopic (exact) mass is 984 g/mol. The molecule has 0 spiro atoms. The topological polar surface area (TPSA) is 153 Å². The van der Waals surface area contributed by atoms with Gasteiger partial charge in [0.1, 0.15) is 23.5 Å². The van der Waals surface area contributed by atoms with Gasteiger partial charge >= 0.3 is 6.09 Å². The van der Waals surface area contributed by atoms with E-state index in [4.69, 9.17) is 14.7 Å². The zero-order valence-electron chi connectivity index (χ0n) is 43.6. The van der Waals surface area contributed by atoms with Crippen LogP contribution in [0.3, 0.4) is 0 Å². The number of methoxy groups -OCH3 is 1. The number of aryl methyl sites for hydroxylation is 4. The lowest BCUT2D eigenvalue weighted by Crippen LogP contribution is -2.53. The molecule has 6 aliphatic carbocycles. The lowest BCUT2D eigenvalue weighted by molar-refractivity contribution is -0.143. The highest BCUT2D eigenvalue weighted by Gasteiger charge is 2.50. The Morgan fingerprint density at radius 3 is 1.59 bits per heavy atom. The number of rotatable bonds is 11. The van der Waals surface area contributed by atoms with Gasteiger partial charge in [-0.15, -0.1) is 0 Å². The highest BCUT2D eigenvalue weighted by molar-refractivity contribution is 5.89. The maximum absolute atomic E-state index is 14.5. The van der Waals surface area contributed by atoms with Crippen molar-refractivity contribution < 1.29 is 23.9 Å². The van der Waals surface area contributed by atoms with Gasteiger partial charge in [0.2, 0.25) is 11.8 Å². The standard InChI is InChI=1S/C61H73N7O5/c1-34(2)45(27-36(5)69)59(70)67-52-13-9-7-11-43(52)32-54(67)57-62-48-25-23-41(30-50(48)64-57)46-28-37-15-19-39(46)20-16-38-18-22-40(21-17-37)47(29-38)42-24-26-49-51(31-42)65-58(63-49)55-33-44-12-8-10-14-53(44)68(55)60(71)56(35(3)4)66-61(72)73-6/h15,18-19,22-26,28-31,34-35,43-45,52-56H,7-14,16-17,20-21,27,32-33H2,1-6H3,(H,62,64)(H,63,65)(H,66,72)/t43-,44-,45-,52-,53-,54-,55?,56-/m0/s1. The first-order valence-electron chi connectivity index (χ1n) is 27.5. The third kappa shape index (κ3) is 9.48. The van der Waals surface area contributed by atoms with Gasteiger partial charge in [0.05, 0.1) is 41.3 Å². The van der Waals surface area contributed by atoms with Crippen LogP contribution in [-0.2, 0) is 44.8 Å². The zero-order valence-corrected chi connectivity index (χ0v) is 43.6. The molecule has 2 saturated heterocycles. The summed E-state index contributed by atoms with van der Waals surface area (Å²) in [5.41, 5.74) is 13.7. The molecule has 2 aromatic heterocycles. The predicted octanol–water partition coefficient (Wildman–Crippen LogP) is 12.0. The number of carbonyl (C=O) groups excluding carboxylic acids is 4. The van der Waals surface area contributed by atoms with Crippen molar-refractivity contribution in [2.45, 2.75) is 161 Å². The number of ether oxygens (including phenoxy) is 1. The molecule has 4 aromatic carbocycles. The van der Waals surface area contributed by atoms with Crippen molar-refractivity contribution in [2.75, 3.05) is 7.11 Å². The van der Waals surface area contributed by atoms with Crippen molar-refractivity contribution in [1.29, 1.82) is 0 Å². The van der Waals surface area contributed by atoms with Crippen LogP contribution in [-0.4, -0.2) is 78.7 Å². The maximum atomic E-state index is 14.5. The largest absolute Gasteiger partial charge is 0.453 e. The van der Waals surface area contributed by atoms with Crippen LogP contribution in [0.1, 0.15) is 151 Å². The van der Waals surface area contributed by atoms with Crippen LogP contribution in [0, 0.1) is 29.6 Å². The van der Waals surface area contributed by atoms with E-state index in [0.717, 1.165) is 122 Å². The smallest absolute Gasteiger partial charge is 0.407 e. The molecule has 2 aliphatic heterocycles. The first-order valence-corrected chi connectivity index (χ1v) is 27.5. The molecule has 4 heterocycles. The van der Waals surface area contributed by atoms with E-state index >= 15 is 0 Å². The van der Waals surface area contributed by atoms with E-state index in [1.165, 1.54) is 53.3 Å². The Kier molecular flexibility index (Phi) is 13.5. The number of fused-ring (bicyclic) bond motifs is 4. The van der Waals surface area contributed by atoms with Crippen molar-refractivity contribution >= 4 is 45.8 Å². The number of H-pyrrole nitrogens is 2. The van der Waals surface area contributed by atoms with E-state index in [1.807, 2.05) is 13.8 Å². The fourth-order valence-electron chi connectivity index (χ4n) is 13.8. The normalized spacial score (nSPS) is 23.6. The number of Topliss-reactive ketones (excluding diaryl/α,β-unsaturated/α-hetero) is 1. The fourth-order valence-corrected chi connectivity index (χ4v) is 13.8. The third-order valence-electron chi connectivity index (χ3n) is 17.7. The van der Waals surface area contributed by atoms with E-state index < -0.39 is 12.1 Å². The molecule has 6 aromatic rings. The highest BCUT2D eigenvalue weighted by atomic mass is 16.5. The first kappa shape index (κ1) is 48.9. The molecule has 8 atom stereocenters. The minimum Gasteiger partial charge on any atom is -0.453 e. The van der Waals surface area contributed by atoms with Crippen molar-refractivity contribution in [3.05, 3.63) is 107 Å². The molecular weight excluding hydrogens is 911 g/mol. The number of imidazole rings is 2. The average Bonchev–Trinajstić information content (AvgIpc) is 4.19. The van der Waals surface area contributed by atoms with Crippen molar-refractivity contribution in [3.8, 4) is 22.3 Å². The molecule has 12 nitrogen and oxygen atoms in total. The van der Waals surface area contributed by atoms with Crippen LogP contribution in [0.15, 0.2) is 72.8 Å². The number of aromatic amines is 2. The number of ketones is 1. The second-order valence-electron chi connectivity index (χ2n) is 23.0. The van der Waals surface area contributed by atoms with Gasteiger partial charge in [-0.25, -0.2) is 14.8 Å². The van der Waals surface area contributed by atoms with E-state index in [0.29, 0.717) is 11.8 Å². The molecule has 0 radical (unpaired) electrons. The minimum absolute atomic E-state index is 0.0630. The summed E-state index contributed by atoms with van der Waals surface area (Å²) in [5.74, 6) is 2.28. The lowest BCUT2D eigenvalue weighted by Gasteiger charge is -2.36. The highest BCUT2D eigenvalue weighted by Crippen LogP contribution is 2.49. The summed E-state index contributed by atoms with van der Waals surface area (Å²) in [6.45, 7) is 9.67. The number of nitrogens with zero attached hydrogens (tertiary/aromatic N) is 4. The summed E-state index contributed by atoms with van der Waals surface area (Å²) < 4.78 is 4.94. The molecule has 73 heavy (non-hydrogen) atoms. The zero-order chi connectivity index (χ0) is 50.7. The summed E-state index contributed by atoms with van der Waals surface area (Å²) in [5, 5.41) is 2.84. The minimum atomic E-state index is -0.690. The predicted molar refractivity (Wildman–Crippen MR) is 286 cm³/mol. The number of carbonyl (C=O) groups is 4. The van der Waals surface area contributed by atoms with E-state index in [1.54, 1.807) is 6.92 Å². The summed E-state index contributed by atoms with van der Waals surface area (Å²) in [6, 6.07) is 26.5. The number of nitrogens with one attached hydrogen (secondary N) is 3. The van der Waals surface area contributed by atoms with E-state index in [9.17, 15) is 19.2 Å². The van der Waals surface area contributed by atoms with E-state index in [2.05, 4.69) is 112 Å².